The fourth-order valence-corrected chi connectivity index (χ4v) is 3.71. The van der Waals surface area contributed by atoms with E-state index in [2.05, 4.69) is 45.3 Å². The summed E-state index contributed by atoms with van der Waals surface area (Å²) in [6.07, 6.45) is -4.80. The molecule has 0 unspecified atom stereocenters. The molecule has 188 valence electrons. The van der Waals surface area contributed by atoms with Crippen molar-refractivity contribution in [3.05, 3.63) is 59.7 Å². The van der Waals surface area contributed by atoms with Gasteiger partial charge in [0, 0.05) is 17.3 Å². The van der Waals surface area contributed by atoms with Crippen molar-refractivity contribution >= 4 is 17.5 Å². The number of anilines is 3. The molecule has 3 N–H and O–H groups in total. The molecule has 0 bridgehead atoms. The van der Waals surface area contributed by atoms with E-state index < -0.39 is 6.36 Å². The summed E-state index contributed by atoms with van der Waals surface area (Å²) in [7, 11) is 0. The summed E-state index contributed by atoms with van der Waals surface area (Å²) in [5.74, 6) is 0.849. The largest absolute Gasteiger partial charge is 0.573 e. The average Bonchev–Trinajstić information content (AvgIpc) is 2.76. The number of alkyl halides is 3. The number of aryl methyl sites for hydroxylation is 1. The van der Waals surface area contributed by atoms with Crippen molar-refractivity contribution in [1.82, 2.24) is 9.97 Å². The summed E-state index contributed by atoms with van der Waals surface area (Å²) in [5, 5.41) is 16.1. The van der Waals surface area contributed by atoms with Crippen LogP contribution >= 0.6 is 0 Å². The van der Waals surface area contributed by atoms with Crippen LogP contribution in [0.2, 0.25) is 0 Å². The van der Waals surface area contributed by atoms with Crippen LogP contribution in [-0.4, -0.2) is 34.1 Å². The molecule has 0 amide bonds. The molecular formula is C26H31F3N4O2. The topological polar surface area (TPSA) is 79.3 Å². The van der Waals surface area contributed by atoms with Crippen molar-refractivity contribution < 1.29 is 23.0 Å². The predicted octanol–water partition coefficient (Wildman–Crippen LogP) is 6.65. The maximum Gasteiger partial charge on any atom is 0.573 e. The van der Waals surface area contributed by atoms with E-state index in [-0.39, 0.29) is 30.3 Å². The first-order valence-electron chi connectivity index (χ1n) is 11.5. The highest BCUT2D eigenvalue weighted by atomic mass is 19.4. The number of halogens is 3. The van der Waals surface area contributed by atoms with E-state index in [0.29, 0.717) is 23.0 Å². The number of aliphatic hydroxyl groups excluding tert-OH is 1. The fraction of sp³-hybridized carbons (Fsp3) is 0.385. The Kier molecular flexibility index (Phi) is 8.22. The summed E-state index contributed by atoms with van der Waals surface area (Å²) in [6, 6.07) is 13.0. The number of nitrogens with one attached hydrogen (secondary N) is 2. The number of aliphatic hydroxyl groups is 1. The lowest BCUT2D eigenvalue weighted by atomic mass is 9.98. The van der Waals surface area contributed by atoms with Gasteiger partial charge in [0.1, 0.15) is 11.6 Å². The van der Waals surface area contributed by atoms with E-state index in [1.54, 1.807) is 12.1 Å². The summed E-state index contributed by atoms with van der Waals surface area (Å²) < 4.78 is 42.2. The number of aromatic nitrogens is 2. The van der Waals surface area contributed by atoms with Crippen LogP contribution < -0.4 is 15.4 Å². The van der Waals surface area contributed by atoms with Crippen molar-refractivity contribution in [3.8, 4) is 17.0 Å². The smallest absolute Gasteiger partial charge is 0.406 e. The van der Waals surface area contributed by atoms with Gasteiger partial charge in [-0.25, -0.2) is 4.98 Å². The monoisotopic (exact) mass is 488 g/mol. The minimum atomic E-state index is -4.80. The van der Waals surface area contributed by atoms with Crippen LogP contribution in [0.5, 0.6) is 5.75 Å². The fourth-order valence-electron chi connectivity index (χ4n) is 3.71. The van der Waals surface area contributed by atoms with Crippen molar-refractivity contribution in [2.24, 2.45) is 5.92 Å². The highest BCUT2D eigenvalue weighted by molar-refractivity contribution is 5.69. The lowest BCUT2D eigenvalue weighted by Crippen LogP contribution is -2.30. The van der Waals surface area contributed by atoms with Gasteiger partial charge in [0.05, 0.1) is 18.3 Å². The molecule has 3 rings (SSSR count). The van der Waals surface area contributed by atoms with Gasteiger partial charge in [0.15, 0.2) is 0 Å². The molecule has 1 atom stereocenters. The number of nitrogens with zero attached hydrogens (tertiary/aromatic N) is 2. The van der Waals surface area contributed by atoms with Gasteiger partial charge in [-0.05, 0) is 54.2 Å². The predicted molar refractivity (Wildman–Crippen MR) is 132 cm³/mol. The molecule has 1 heterocycles. The van der Waals surface area contributed by atoms with Gasteiger partial charge in [-0.1, -0.05) is 45.9 Å². The van der Waals surface area contributed by atoms with Crippen molar-refractivity contribution in [1.29, 1.82) is 0 Å². The SMILES string of the molecule is Cc1cc(Nc2cc(-c3cccc(OC(F)(F)F)c3)nc(N[C@H](CO)C(C)C)n2)ccc1C(C)C. The first kappa shape index (κ1) is 26.3. The molecule has 0 spiro atoms. The molecule has 35 heavy (non-hydrogen) atoms. The summed E-state index contributed by atoms with van der Waals surface area (Å²) in [5.41, 5.74) is 4.02. The molecule has 0 fully saturated rings. The van der Waals surface area contributed by atoms with Crippen molar-refractivity contribution in [2.75, 3.05) is 17.2 Å². The summed E-state index contributed by atoms with van der Waals surface area (Å²) in [4.78, 5) is 9.04. The minimum Gasteiger partial charge on any atom is -0.406 e. The molecule has 9 heteroatoms. The first-order valence-corrected chi connectivity index (χ1v) is 11.5. The first-order chi connectivity index (χ1) is 16.4. The Hall–Kier alpha value is -3.33. The quantitative estimate of drug-likeness (QED) is 0.313. The highest BCUT2D eigenvalue weighted by Gasteiger charge is 2.31. The van der Waals surface area contributed by atoms with Gasteiger partial charge in [0.25, 0.3) is 0 Å². The van der Waals surface area contributed by atoms with Gasteiger partial charge < -0.3 is 20.5 Å². The molecular weight excluding hydrogens is 457 g/mol. The molecule has 0 saturated heterocycles. The normalized spacial score (nSPS) is 12.7. The van der Waals surface area contributed by atoms with Gasteiger partial charge in [-0.3, -0.25) is 0 Å². The minimum absolute atomic E-state index is 0.0957. The van der Waals surface area contributed by atoms with E-state index in [1.807, 2.05) is 32.9 Å². The number of ether oxygens (including phenoxy) is 1. The Bertz CT molecular complexity index is 1150. The van der Waals surface area contributed by atoms with Gasteiger partial charge in [0.2, 0.25) is 5.95 Å². The molecule has 0 aliphatic carbocycles. The second-order valence-electron chi connectivity index (χ2n) is 9.07. The van der Waals surface area contributed by atoms with E-state index in [0.717, 1.165) is 11.3 Å². The molecule has 0 saturated carbocycles. The standard InChI is InChI=1S/C26H31F3N4O2/c1-15(2)21-10-9-19(11-17(21)5)30-24-13-22(31-25(33-24)32-23(14-34)16(3)4)18-7-6-8-20(12-18)35-26(27,28)29/h6-13,15-16,23,34H,14H2,1-5H3,(H2,30,31,32,33)/t23-/m1/s1. The van der Waals surface area contributed by atoms with E-state index in [4.69, 9.17) is 0 Å². The Labute approximate surface area is 203 Å². The van der Waals surface area contributed by atoms with Crippen LogP contribution in [-0.2, 0) is 0 Å². The highest BCUT2D eigenvalue weighted by Crippen LogP contribution is 2.30. The molecule has 2 aromatic carbocycles. The van der Waals surface area contributed by atoms with E-state index >= 15 is 0 Å². The average molecular weight is 489 g/mol. The Balaban J connectivity index is 2.01. The maximum absolute atomic E-state index is 12.7. The Morgan fingerprint density at radius 3 is 2.34 bits per heavy atom. The van der Waals surface area contributed by atoms with Crippen LogP contribution in [0.1, 0.15) is 44.7 Å². The summed E-state index contributed by atoms with van der Waals surface area (Å²) >= 11 is 0. The van der Waals surface area contributed by atoms with E-state index in [9.17, 15) is 18.3 Å². The number of hydrogen-bond donors (Lipinski definition) is 3. The number of benzene rings is 2. The summed E-state index contributed by atoms with van der Waals surface area (Å²) in [6.45, 7) is 10.1. The van der Waals surface area contributed by atoms with Crippen LogP contribution in [0, 0.1) is 12.8 Å². The van der Waals surface area contributed by atoms with Crippen molar-refractivity contribution in [3.63, 3.8) is 0 Å². The lowest BCUT2D eigenvalue weighted by Gasteiger charge is -2.21. The third-order valence-corrected chi connectivity index (χ3v) is 5.57. The third kappa shape index (κ3) is 7.32. The molecule has 3 aromatic rings. The van der Waals surface area contributed by atoms with Crippen LogP contribution in [0.4, 0.5) is 30.6 Å². The van der Waals surface area contributed by atoms with Crippen molar-refractivity contribution in [2.45, 2.75) is 52.9 Å². The van der Waals surface area contributed by atoms with Crippen LogP contribution in [0.25, 0.3) is 11.3 Å². The van der Waals surface area contributed by atoms with Crippen LogP contribution in [0.15, 0.2) is 48.5 Å². The zero-order valence-electron chi connectivity index (χ0n) is 20.4. The maximum atomic E-state index is 12.7. The van der Waals surface area contributed by atoms with Crippen LogP contribution in [0.3, 0.4) is 0 Å². The molecule has 0 radical (unpaired) electrons. The number of hydrogen-bond acceptors (Lipinski definition) is 6. The Morgan fingerprint density at radius 2 is 1.74 bits per heavy atom. The molecule has 6 nitrogen and oxygen atoms in total. The molecule has 1 aromatic heterocycles. The number of rotatable bonds is 9. The van der Waals surface area contributed by atoms with Gasteiger partial charge in [-0.15, -0.1) is 13.2 Å². The third-order valence-electron chi connectivity index (χ3n) is 5.57. The van der Waals surface area contributed by atoms with E-state index in [1.165, 1.54) is 23.8 Å². The lowest BCUT2D eigenvalue weighted by molar-refractivity contribution is -0.274. The second kappa shape index (κ2) is 10.9. The zero-order chi connectivity index (χ0) is 25.8. The van der Waals surface area contributed by atoms with Gasteiger partial charge >= 0.3 is 6.36 Å². The van der Waals surface area contributed by atoms with Gasteiger partial charge in [-0.2, -0.15) is 4.98 Å². The molecule has 0 aliphatic rings. The molecule has 0 aliphatic heterocycles. The second-order valence-corrected chi connectivity index (χ2v) is 9.07. The Morgan fingerprint density at radius 1 is 1.00 bits per heavy atom. The zero-order valence-corrected chi connectivity index (χ0v) is 20.4.